The molecule has 1 heterocycles. The van der Waals surface area contributed by atoms with Gasteiger partial charge in [0.25, 0.3) is 0 Å². The minimum absolute atomic E-state index is 0.0448. The van der Waals surface area contributed by atoms with Crippen molar-refractivity contribution in [1.82, 2.24) is 10.6 Å². The van der Waals surface area contributed by atoms with E-state index >= 15 is 0 Å². The largest absolute Gasteiger partial charge is 0.550 e. The van der Waals surface area contributed by atoms with Gasteiger partial charge >= 0.3 is 0 Å². The summed E-state index contributed by atoms with van der Waals surface area (Å²) in [6.45, 7) is 11.9. The van der Waals surface area contributed by atoms with Crippen molar-refractivity contribution in [2.45, 2.75) is 200 Å². The van der Waals surface area contributed by atoms with Gasteiger partial charge in [-0.05, 0) is 39.5 Å². The van der Waals surface area contributed by atoms with Crippen LogP contribution >= 0.6 is 0 Å². The van der Waals surface area contributed by atoms with E-state index in [0.29, 0.717) is 19.4 Å². The summed E-state index contributed by atoms with van der Waals surface area (Å²) in [5.74, 6) is -3.72. The monoisotopic (exact) mass is 664 g/mol. The lowest BCUT2D eigenvalue weighted by Gasteiger charge is -2.47. The number of carbonyl (C=O) groups is 3. The molecule has 2 amide bonds. The number of hydrogen-bond donors (Lipinski definition) is 2. The number of carbonyl (C=O) groups excluding carboxylic acids is 3. The van der Waals surface area contributed by atoms with Crippen molar-refractivity contribution in [3.63, 3.8) is 0 Å². The third-order valence-corrected chi connectivity index (χ3v) is 10.6. The predicted octanol–water partition coefficient (Wildman–Crippen LogP) is 7.75. The van der Waals surface area contributed by atoms with E-state index in [2.05, 4.69) is 24.5 Å². The maximum atomic E-state index is 13.8. The summed E-state index contributed by atoms with van der Waals surface area (Å²) in [6, 6.07) is 0. The Hall–Kier alpha value is -1.67. The lowest BCUT2D eigenvalue weighted by molar-refractivity contribution is -0.314. The molecule has 0 aromatic carbocycles. The molecule has 0 radical (unpaired) electrons. The third-order valence-electron chi connectivity index (χ3n) is 10.6. The van der Waals surface area contributed by atoms with Crippen LogP contribution in [0.5, 0.6) is 0 Å². The van der Waals surface area contributed by atoms with Gasteiger partial charge < -0.3 is 30.0 Å². The minimum Gasteiger partial charge on any atom is -0.550 e. The lowest BCUT2D eigenvalue weighted by Crippen LogP contribution is -2.64. The summed E-state index contributed by atoms with van der Waals surface area (Å²) in [7, 11) is 0. The fourth-order valence-corrected chi connectivity index (χ4v) is 7.55. The Labute approximate surface area is 287 Å². The summed E-state index contributed by atoms with van der Waals surface area (Å²) >= 11 is 0. The van der Waals surface area contributed by atoms with Crippen molar-refractivity contribution in [3.05, 3.63) is 0 Å². The van der Waals surface area contributed by atoms with Crippen LogP contribution in [0, 0.1) is 17.3 Å². The number of rotatable bonds is 24. The standard InChI is InChI=1S/C39H72N2O6/c1-7-9-10-11-12-13-14-15-16-17-18-19-20-22-26-31(25-8-2)34(42)41-39(27-23-21-24-28-39)32(36(44)45)29-40-35(43)33-37(3,4)30-46-38(5,6)47-33/h31-33H,7-30H2,1-6H3,(H,40,43)(H,41,42)(H,44,45)/p-1. The summed E-state index contributed by atoms with van der Waals surface area (Å²) < 4.78 is 11.7. The predicted molar refractivity (Wildman–Crippen MR) is 187 cm³/mol. The summed E-state index contributed by atoms with van der Waals surface area (Å²) in [5.41, 5.74) is -1.51. The topological polar surface area (TPSA) is 117 Å². The Morgan fingerprint density at radius 3 is 1.79 bits per heavy atom. The molecule has 0 bridgehead atoms. The molecule has 1 aliphatic carbocycles. The normalized spacial score (nSPS) is 21.4. The molecule has 8 nitrogen and oxygen atoms in total. The molecule has 3 atom stereocenters. The minimum atomic E-state index is -1.24. The molecular formula is C39H71N2O6-. The lowest BCUT2D eigenvalue weighted by atomic mass is 9.72. The third kappa shape index (κ3) is 14.8. The molecule has 2 rings (SSSR count). The van der Waals surface area contributed by atoms with Crippen LogP contribution in [0.2, 0.25) is 0 Å². The van der Waals surface area contributed by atoms with Crippen LogP contribution in [0.15, 0.2) is 0 Å². The molecule has 0 aromatic rings. The van der Waals surface area contributed by atoms with E-state index in [1.165, 1.54) is 77.0 Å². The second-order valence-corrected chi connectivity index (χ2v) is 15.9. The van der Waals surface area contributed by atoms with Crippen LogP contribution in [0.25, 0.3) is 0 Å². The number of carboxylic acid groups (broad SMARTS) is 1. The molecule has 274 valence electrons. The maximum Gasteiger partial charge on any atom is 0.249 e. The Morgan fingerprint density at radius 1 is 0.745 bits per heavy atom. The van der Waals surface area contributed by atoms with Crippen LogP contribution < -0.4 is 15.7 Å². The maximum absolute atomic E-state index is 13.8. The summed E-state index contributed by atoms with van der Waals surface area (Å²) in [4.78, 5) is 39.8. The number of amides is 2. The molecule has 2 N–H and O–H groups in total. The number of nitrogens with one attached hydrogen (secondary N) is 2. The first-order valence-corrected chi connectivity index (χ1v) is 19.5. The Balaban J connectivity index is 1.87. The molecule has 1 saturated heterocycles. The van der Waals surface area contributed by atoms with Gasteiger partial charge in [0.2, 0.25) is 11.8 Å². The van der Waals surface area contributed by atoms with Crippen molar-refractivity contribution in [3.8, 4) is 0 Å². The second-order valence-electron chi connectivity index (χ2n) is 15.9. The zero-order chi connectivity index (χ0) is 34.8. The van der Waals surface area contributed by atoms with Crippen molar-refractivity contribution >= 4 is 17.8 Å². The van der Waals surface area contributed by atoms with Crippen LogP contribution in [0.1, 0.15) is 183 Å². The van der Waals surface area contributed by atoms with E-state index in [0.717, 1.165) is 51.4 Å². The molecule has 8 heteroatoms. The smallest absolute Gasteiger partial charge is 0.249 e. The van der Waals surface area contributed by atoms with Gasteiger partial charge in [-0.15, -0.1) is 0 Å². The molecular weight excluding hydrogens is 592 g/mol. The first-order valence-electron chi connectivity index (χ1n) is 19.5. The highest BCUT2D eigenvalue weighted by molar-refractivity contribution is 5.83. The van der Waals surface area contributed by atoms with E-state index in [1.54, 1.807) is 13.8 Å². The number of carboxylic acids is 1. The van der Waals surface area contributed by atoms with Gasteiger partial charge in [0.1, 0.15) is 6.10 Å². The SMILES string of the molecule is CCCCCCCCCCCCCCCCC(CCC)C(=O)NC1(C(CNC(=O)C2OC(C)(C)OCC2(C)C)C(=O)[O-])CCCCC1. The highest BCUT2D eigenvalue weighted by Gasteiger charge is 2.47. The Morgan fingerprint density at radius 2 is 1.28 bits per heavy atom. The molecule has 0 spiro atoms. The second kappa shape index (κ2) is 21.4. The summed E-state index contributed by atoms with van der Waals surface area (Å²) in [6.07, 6.45) is 23.7. The molecule has 2 fully saturated rings. The Bertz CT molecular complexity index is 913. The quantitative estimate of drug-likeness (QED) is 0.102. The van der Waals surface area contributed by atoms with Gasteiger partial charge in [0, 0.05) is 35.3 Å². The van der Waals surface area contributed by atoms with E-state index in [9.17, 15) is 19.5 Å². The molecule has 1 saturated carbocycles. The van der Waals surface area contributed by atoms with Gasteiger partial charge in [-0.1, -0.05) is 143 Å². The van der Waals surface area contributed by atoms with E-state index in [1.807, 2.05) is 13.8 Å². The molecule has 47 heavy (non-hydrogen) atoms. The first kappa shape index (κ1) is 41.5. The van der Waals surface area contributed by atoms with Gasteiger partial charge in [-0.25, -0.2) is 0 Å². The van der Waals surface area contributed by atoms with Crippen molar-refractivity contribution in [2.24, 2.45) is 17.3 Å². The van der Waals surface area contributed by atoms with Crippen LogP contribution in [-0.4, -0.2) is 48.4 Å². The van der Waals surface area contributed by atoms with Crippen molar-refractivity contribution in [2.75, 3.05) is 13.2 Å². The Kier molecular flexibility index (Phi) is 18.9. The fourth-order valence-electron chi connectivity index (χ4n) is 7.55. The van der Waals surface area contributed by atoms with Crippen molar-refractivity contribution < 1.29 is 29.0 Å². The van der Waals surface area contributed by atoms with Crippen molar-refractivity contribution in [1.29, 1.82) is 0 Å². The number of aliphatic carboxylic acids is 1. The zero-order valence-electron chi connectivity index (χ0n) is 31.2. The van der Waals surface area contributed by atoms with Crippen LogP contribution in [0.4, 0.5) is 0 Å². The van der Waals surface area contributed by atoms with E-state index in [-0.39, 0.29) is 24.3 Å². The molecule has 1 aliphatic heterocycles. The van der Waals surface area contributed by atoms with Gasteiger partial charge in [-0.2, -0.15) is 0 Å². The van der Waals surface area contributed by atoms with Gasteiger partial charge in [0.15, 0.2) is 5.79 Å². The molecule has 2 aliphatic rings. The molecule has 0 aromatic heterocycles. The van der Waals surface area contributed by atoms with Crippen LogP contribution in [0.3, 0.4) is 0 Å². The molecule has 3 unspecified atom stereocenters. The first-order chi connectivity index (χ1) is 22.4. The zero-order valence-corrected chi connectivity index (χ0v) is 31.2. The van der Waals surface area contributed by atoms with Gasteiger partial charge in [0.05, 0.1) is 6.61 Å². The highest BCUT2D eigenvalue weighted by atomic mass is 16.7. The van der Waals surface area contributed by atoms with Crippen LogP contribution in [-0.2, 0) is 23.9 Å². The average Bonchev–Trinajstić information content (AvgIpc) is 3.02. The number of unbranched alkanes of at least 4 members (excludes halogenated alkanes) is 13. The fraction of sp³-hybridized carbons (Fsp3) is 0.923. The highest BCUT2D eigenvalue weighted by Crippen LogP contribution is 2.37. The summed E-state index contributed by atoms with van der Waals surface area (Å²) in [5, 5.41) is 18.8. The van der Waals surface area contributed by atoms with E-state index in [4.69, 9.17) is 9.47 Å². The number of hydrogen-bond acceptors (Lipinski definition) is 6. The number of ether oxygens (including phenoxy) is 2. The van der Waals surface area contributed by atoms with Gasteiger partial charge in [-0.3, -0.25) is 9.59 Å². The average molecular weight is 664 g/mol. The van der Waals surface area contributed by atoms with E-state index < -0.39 is 34.7 Å².